The van der Waals surface area contributed by atoms with E-state index in [0.29, 0.717) is 12.5 Å². The molecule has 1 amide bonds. The van der Waals surface area contributed by atoms with Crippen LogP contribution in [-0.4, -0.2) is 28.5 Å². The summed E-state index contributed by atoms with van der Waals surface area (Å²) in [7, 11) is 0. The first-order valence-corrected chi connectivity index (χ1v) is 6.15. The average Bonchev–Trinajstić information content (AvgIpc) is 2.89. The van der Waals surface area contributed by atoms with Gasteiger partial charge in [-0.05, 0) is 30.9 Å². The summed E-state index contributed by atoms with van der Waals surface area (Å²) < 4.78 is 0. The molecular weight excluding hydrogens is 232 g/mol. The van der Waals surface area contributed by atoms with Gasteiger partial charge in [-0.1, -0.05) is 12.8 Å². The second-order valence-corrected chi connectivity index (χ2v) is 4.57. The van der Waals surface area contributed by atoms with Gasteiger partial charge in [-0.25, -0.2) is 4.79 Å². The monoisotopic (exact) mass is 248 g/mol. The minimum atomic E-state index is -1.13. The molecule has 1 aromatic rings. The number of carbonyl (C=O) groups is 2. The van der Waals surface area contributed by atoms with Crippen molar-refractivity contribution in [1.82, 2.24) is 10.3 Å². The van der Waals surface area contributed by atoms with Gasteiger partial charge in [-0.3, -0.25) is 9.78 Å². The molecule has 1 aromatic heterocycles. The van der Waals surface area contributed by atoms with Crippen LogP contribution in [0.15, 0.2) is 18.3 Å². The second kappa shape index (κ2) is 5.62. The highest BCUT2D eigenvalue weighted by molar-refractivity contribution is 6.03. The number of hydrogen-bond donors (Lipinski definition) is 2. The summed E-state index contributed by atoms with van der Waals surface area (Å²) in [6.07, 6.45) is 6.12. The molecule has 0 aromatic carbocycles. The first-order chi connectivity index (χ1) is 8.68. The van der Waals surface area contributed by atoms with Crippen LogP contribution < -0.4 is 5.32 Å². The molecule has 1 heterocycles. The standard InChI is InChI=1S/C13H16N2O3/c16-12(15-8-9-4-1-2-5-9)11-10(13(17)18)6-3-7-14-11/h3,6-7,9H,1-2,4-5,8H2,(H,15,16)(H,17,18). The van der Waals surface area contributed by atoms with E-state index in [4.69, 9.17) is 5.11 Å². The fourth-order valence-corrected chi connectivity index (χ4v) is 2.29. The van der Waals surface area contributed by atoms with Crippen LogP contribution in [0.5, 0.6) is 0 Å². The largest absolute Gasteiger partial charge is 0.478 e. The summed E-state index contributed by atoms with van der Waals surface area (Å²) in [4.78, 5) is 26.7. The van der Waals surface area contributed by atoms with E-state index < -0.39 is 11.9 Å². The zero-order valence-corrected chi connectivity index (χ0v) is 10.1. The van der Waals surface area contributed by atoms with Gasteiger partial charge in [0.15, 0.2) is 0 Å². The van der Waals surface area contributed by atoms with E-state index in [2.05, 4.69) is 10.3 Å². The summed E-state index contributed by atoms with van der Waals surface area (Å²) >= 11 is 0. The molecule has 5 nitrogen and oxygen atoms in total. The van der Waals surface area contributed by atoms with Crippen LogP contribution in [0.3, 0.4) is 0 Å². The number of pyridine rings is 1. The molecule has 0 unspecified atom stereocenters. The summed E-state index contributed by atoms with van der Waals surface area (Å²) in [5, 5.41) is 11.7. The highest BCUT2D eigenvalue weighted by Crippen LogP contribution is 2.23. The van der Waals surface area contributed by atoms with E-state index in [1.54, 1.807) is 0 Å². The first kappa shape index (κ1) is 12.5. The van der Waals surface area contributed by atoms with E-state index in [1.165, 1.54) is 31.2 Å². The van der Waals surface area contributed by atoms with Gasteiger partial charge in [0.25, 0.3) is 5.91 Å². The molecule has 0 saturated heterocycles. The number of carbonyl (C=O) groups excluding carboxylic acids is 1. The number of nitrogens with zero attached hydrogens (tertiary/aromatic N) is 1. The Labute approximate surface area is 105 Å². The van der Waals surface area contributed by atoms with Crippen molar-refractivity contribution in [2.75, 3.05) is 6.54 Å². The number of amides is 1. The molecule has 1 fully saturated rings. The van der Waals surface area contributed by atoms with E-state index in [1.807, 2.05) is 0 Å². The van der Waals surface area contributed by atoms with Crippen molar-refractivity contribution in [2.24, 2.45) is 5.92 Å². The lowest BCUT2D eigenvalue weighted by Crippen LogP contribution is -2.30. The predicted molar refractivity (Wildman–Crippen MR) is 65.5 cm³/mol. The van der Waals surface area contributed by atoms with Crippen molar-refractivity contribution in [3.8, 4) is 0 Å². The Bertz CT molecular complexity index is 453. The molecule has 0 spiro atoms. The maximum atomic E-state index is 11.9. The van der Waals surface area contributed by atoms with Crippen LogP contribution in [0.25, 0.3) is 0 Å². The number of nitrogens with one attached hydrogen (secondary N) is 1. The molecule has 1 aliphatic carbocycles. The van der Waals surface area contributed by atoms with Crippen LogP contribution in [0.2, 0.25) is 0 Å². The van der Waals surface area contributed by atoms with Crippen LogP contribution in [-0.2, 0) is 0 Å². The van der Waals surface area contributed by atoms with Gasteiger partial charge in [0.2, 0.25) is 0 Å². The number of aromatic nitrogens is 1. The predicted octanol–water partition coefficient (Wildman–Crippen LogP) is 1.70. The lowest BCUT2D eigenvalue weighted by atomic mass is 10.1. The van der Waals surface area contributed by atoms with Crippen molar-refractivity contribution < 1.29 is 14.7 Å². The number of rotatable bonds is 4. The van der Waals surface area contributed by atoms with E-state index >= 15 is 0 Å². The van der Waals surface area contributed by atoms with Crippen molar-refractivity contribution in [1.29, 1.82) is 0 Å². The van der Waals surface area contributed by atoms with Crippen LogP contribution >= 0.6 is 0 Å². The minimum Gasteiger partial charge on any atom is -0.478 e. The molecular formula is C13H16N2O3. The molecule has 2 rings (SSSR count). The third kappa shape index (κ3) is 2.85. The average molecular weight is 248 g/mol. The molecule has 5 heteroatoms. The zero-order chi connectivity index (χ0) is 13.0. The lowest BCUT2D eigenvalue weighted by Gasteiger charge is -2.11. The van der Waals surface area contributed by atoms with Crippen LogP contribution in [0, 0.1) is 5.92 Å². The van der Waals surface area contributed by atoms with Crippen molar-refractivity contribution >= 4 is 11.9 Å². The quantitative estimate of drug-likeness (QED) is 0.850. The van der Waals surface area contributed by atoms with Gasteiger partial charge in [-0.15, -0.1) is 0 Å². The van der Waals surface area contributed by atoms with Gasteiger partial charge in [-0.2, -0.15) is 0 Å². The smallest absolute Gasteiger partial charge is 0.338 e. The molecule has 1 saturated carbocycles. The lowest BCUT2D eigenvalue weighted by molar-refractivity contribution is 0.0690. The molecule has 2 N–H and O–H groups in total. The summed E-state index contributed by atoms with van der Waals surface area (Å²) in [6, 6.07) is 2.90. The van der Waals surface area contributed by atoms with Crippen LogP contribution in [0.1, 0.15) is 46.5 Å². The molecule has 18 heavy (non-hydrogen) atoms. The van der Waals surface area contributed by atoms with Gasteiger partial charge in [0, 0.05) is 12.7 Å². The number of aromatic carboxylic acids is 1. The number of carboxylic acid groups (broad SMARTS) is 1. The Morgan fingerprint density at radius 3 is 2.78 bits per heavy atom. The van der Waals surface area contributed by atoms with Crippen LogP contribution in [0.4, 0.5) is 0 Å². The van der Waals surface area contributed by atoms with E-state index in [0.717, 1.165) is 12.8 Å². The molecule has 0 aliphatic heterocycles. The Balaban J connectivity index is 2.01. The molecule has 1 aliphatic rings. The Morgan fingerprint density at radius 1 is 1.39 bits per heavy atom. The first-order valence-electron chi connectivity index (χ1n) is 6.15. The van der Waals surface area contributed by atoms with E-state index in [9.17, 15) is 9.59 Å². The SMILES string of the molecule is O=C(O)c1cccnc1C(=O)NCC1CCCC1. The summed E-state index contributed by atoms with van der Waals surface area (Å²) in [5.41, 5.74) is -0.0654. The highest BCUT2D eigenvalue weighted by Gasteiger charge is 2.20. The Kier molecular flexibility index (Phi) is 3.92. The maximum Gasteiger partial charge on any atom is 0.338 e. The molecule has 0 radical (unpaired) electrons. The number of hydrogen-bond acceptors (Lipinski definition) is 3. The van der Waals surface area contributed by atoms with Gasteiger partial charge >= 0.3 is 5.97 Å². The van der Waals surface area contributed by atoms with Gasteiger partial charge in [0.05, 0.1) is 5.56 Å². The summed E-state index contributed by atoms with van der Waals surface area (Å²) in [5.74, 6) is -1.01. The van der Waals surface area contributed by atoms with Gasteiger partial charge < -0.3 is 10.4 Å². The van der Waals surface area contributed by atoms with Crippen molar-refractivity contribution in [3.63, 3.8) is 0 Å². The maximum absolute atomic E-state index is 11.9. The Hall–Kier alpha value is -1.91. The molecule has 96 valence electrons. The normalized spacial score (nSPS) is 15.6. The van der Waals surface area contributed by atoms with Crippen molar-refractivity contribution in [2.45, 2.75) is 25.7 Å². The Morgan fingerprint density at radius 2 is 2.11 bits per heavy atom. The number of carboxylic acids is 1. The zero-order valence-electron chi connectivity index (χ0n) is 10.1. The van der Waals surface area contributed by atoms with Crippen molar-refractivity contribution in [3.05, 3.63) is 29.6 Å². The minimum absolute atomic E-state index is 0.0111. The fourth-order valence-electron chi connectivity index (χ4n) is 2.29. The second-order valence-electron chi connectivity index (χ2n) is 4.57. The molecule has 0 bridgehead atoms. The molecule has 0 atom stereocenters. The van der Waals surface area contributed by atoms with E-state index in [-0.39, 0.29) is 11.3 Å². The van der Waals surface area contributed by atoms with Gasteiger partial charge in [0.1, 0.15) is 5.69 Å². The third-order valence-corrected chi connectivity index (χ3v) is 3.28. The fraction of sp³-hybridized carbons (Fsp3) is 0.462. The third-order valence-electron chi connectivity index (χ3n) is 3.28. The topological polar surface area (TPSA) is 79.3 Å². The summed E-state index contributed by atoms with van der Waals surface area (Å²) in [6.45, 7) is 0.606. The highest BCUT2D eigenvalue weighted by atomic mass is 16.4.